The highest BCUT2D eigenvalue weighted by Gasteiger charge is 2.13. The highest BCUT2D eigenvalue weighted by Crippen LogP contribution is 2.09. The number of carbonyl (C=O) groups is 2. The minimum Gasteiger partial charge on any atom is -0.343 e. The summed E-state index contributed by atoms with van der Waals surface area (Å²) in [5.74, 6) is -2.45. The molecule has 1 unspecified atom stereocenters. The maximum atomic E-state index is 13.1. The Morgan fingerprint density at radius 1 is 1.47 bits per heavy atom. The van der Waals surface area contributed by atoms with Crippen LogP contribution in [0.5, 0.6) is 0 Å². The second-order valence-electron chi connectivity index (χ2n) is 3.02. The monoisotopic (exact) mass is 213 g/mol. The summed E-state index contributed by atoms with van der Waals surface area (Å²) in [6.07, 6.45) is 0.513. The van der Waals surface area contributed by atoms with Gasteiger partial charge in [0, 0.05) is 6.07 Å². The summed E-state index contributed by atoms with van der Waals surface area (Å²) < 4.78 is 25.6. The Morgan fingerprint density at radius 2 is 2.13 bits per heavy atom. The highest BCUT2D eigenvalue weighted by atomic mass is 19.1. The van der Waals surface area contributed by atoms with Crippen LogP contribution in [0.1, 0.15) is 17.3 Å². The van der Waals surface area contributed by atoms with Gasteiger partial charge in [0.2, 0.25) is 0 Å². The fourth-order valence-corrected chi connectivity index (χ4v) is 0.992. The molecule has 0 aliphatic rings. The van der Waals surface area contributed by atoms with E-state index in [0.29, 0.717) is 12.4 Å². The molecule has 1 aromatic rings. The van der Waals surface area contributed by atoms with Gasteiger partial charge < -0.3 is 10.1 Å². The minimum atomic E-state index is -0.953. The van der Waals surface area contributed by atoms with Crippen LogP contribution in [0.25, 0.3) is 0 Å². The zero-order valence-corrected chi connectivity index (χ0v) is 7.96. The Balaban J connectivity index is 2.87. The van der Waals surface area contributed by atoms with Gasteiger partial charge in [-0.05, 0) is 19.1 Å². The van der Waals surface area contributed by atoms with Gasteiger partial charge in [-0.3, -0.25) is 4.79 Å². The number of halogens is 2. The normalized spacial score (nSPS) is 11.9. The molecule has 0 saturated heterocycles. The molecule has 1 atom stereocenters. The largest absolute Gasteiger partial charge is 0.343 e. The zero-order valence-electron chi connectivity index (χ0n) is 7.96. The van der Waals surface area contributed by atoms with Crippen molar-refractivity contribution in [3.8, 4) is 0 Å². The number of hydrogen-bond acceptors (Lipinski definition) is 2. The molecule has 1 rings (SSSR count). The van der Waals surface area contributed by atoms with Gasteiger partial charge in [-0.2, -0.15) is 0 Å². The second-order valence-corrected chi connectivity index (χ2v) is 3.02. The summed E-state index contributed by atoms with van der Waals surface area (Å²) in [6.45, 7) is 1.45. The number of rotatable bonds is 3. The molecule has 1 aromatic carbocycles. The molecule has 0 aliphatic carbocycles. The van der Waals surface area contributed by atoms with E-state index in [9.17, 15) is 18.4 Å². The first-order valence-electron chi connectivity index (χ1n) is 4.26. The number of carbonyl (C=O) groups excluding carboxylic acids is 2. The highest BCUT2D eigenvalue weighted by molar-refractivity contribution is 5.95. The van der Waals surface area contributed by atoms with Gasteiger partial charge >= 0.3 is 0 Å². The van der Waals surface area contributed by atoms with E-state index in [4.69, 9.17) is 0 Å². The molecule has 1 amide bonds. The average Bonchev–Trinajstić information content (AvgIpc) is 2.17. The van der Waals surface area contributed by atoms with Crippen LogP contribution in [-0.4, -0.2) is 18.2 Å². The van der Waals surface area contributed by atoms with Crippen LogP contribution in [-0.2, 0) is 4.79 Å². The van der Waals surface area contributed by atoms with Crippen molar-refractivity contribution in [2.24, 2.45) is 0 Å². The van der Waals surface area contributed by atoms with E-state index in [1.165, 1.54) is 6.92 Å². The summed E-state index contributed by atoms with van der Waals surface area (Å²) >= 11 is 0. The first kappa shape index (κ1) is 11.3. The zero-order chi connectivity index (χ0) is 11.4. The first-order valence-corrected chi connectivity index (χ1v) is 4.26. The molecule has 0 bridgehead atoms. The summed E-state index contributed by atoms with van der Waals surface area (Å²) in [6, 6.07) is 1.91. The molecule has 0 spiro atoms. The van der Waals surface area contributed by atoms with Crippen molar-refractivity contribution in [3.05, 3.63) is 35.4 Å². The van der Waals surface area contributed by atoms with Crippen LogP contribution < -0.4 is 5.32 Å². The van der Waals surface area contributed by atoms with E-state index in [-0.39, 0.29) is 5.56 Å². The standard InChI is InChI=1S/C10H9F2NO2/c1-6(5-14)13-10(15)8-3-2-7(11)4-9(8)12/h2-6H,1H3,(H,13,15). The van der Waals surface area contributed by atoms with E-state index < -0.39 is 23.6 Å². The molecule has 0 radical (unpaired) electrons. The summed E-state index contributed by atoms with van der Waals surface area (Å²) in [5, 5.41) is 2.24. The quantitative estimate of drug-likeness (QED) is 0.769. The molecule has 1 N–H and O–H groups in total. The van der Waals surface area contributed by atoms with Crippen LogP contribution >= 0.6 is 0 Å². The third kappa shape index (κ3) is 2.83. The Morgan fingerprint density at radius 3 is 2.67 bits per heavy atom. The molecule has 0 saturated carbocycles. The van der Waals surface area contributed by atoms with Crippen molar-refractivity contribution in [2.45, 2.75) is 13.0 Å². The third-order valence-electron chi connectivity index (χ3n) is 1.74. The molecule has 0 aromatic heterocycles. The summed E-state index contributed by atoms with van der Waals surface area (Å²) in [5.41, 5.74) is -0.287. The van der Waals surface area contributed by atoms with E-state index >= 15 is 0 Å². The predicted molar refractivity (Wildman–Crippen MR) is 49.4 cm³/mol. The lowest BCUT2D eigenvalue weighted by molar-refractivity contribution is -0.109. The first-order chi connectivity index (χ1) is 7.04. The number of benzene rings is 1. The fourth-order valence-electron chi connectivity index (χ4n) is 0.992. The predicted octanol–water partition coefficient (Wildman–Crippen LogP) is 1.28. The molecule has 5 heteroatoms. The second kappa shape index (κ2) is 4.63. The van der Waals surface area contributed by atoms with Gasteiger partial charge in [0.05, 0.1) is 11.6 Å². The van der Waals surface area contributed by atoms with Gasteiger partial charge in [0.1, 0.15) is 17.9 Å². The van der Waals surface area contributed by atoms with Gasteiger partial charge in [-0.1, -0.05) is 0 Å². The van der Waals surface area contributed by atoms with Crippen molar-refractivity contribution >= 4 is 12.2 Å². The molecular weight excluding hydrogens is 204 g/mol. The van der Waals surface area contributed by atoms with Crippen LogP contribution in [0, 0.1) is 11.6 Å². The van der Waals surface area contributed by atoms with Gasteiger partial charge in [-0.25, -0.2) is 8.78 Å². The van der Waals surface area contributed by atoms with Crippen LogP contribution in [0.3, 0.4) is 0 Å². The van der Waals surface area contributed by atoms with Crippen molar-refractivity contribution in [1.29, 1.82) is 0 Å². The van der Waals surface area contributed by atoms with Crippen molar-refractivity contribution in [3.63, 3.8) is 0 Å². The Labute approximate surface area is 85.1 Å². The molecule has 3 nitrogen and oxygen atoms in total. The van der Waals surface area contributed by atoms with E-state index in [0.717, 1.165) is 12.1 Å². The summed E-state index contributed by atoms with van der Waals surface area (Å²) in [7, 11) is 0. The number of hydrogen-bond donors (Lipinski definition) is 1. The van der Waals surface area contributed by atoms with Crippen LogP contribution in [0.4, 0.5) is 8.78 Å². The minimum absolute atomic E-state index is 0.287. The van der Waals surface area contributed by atoms with Gasteiger partial charge in [-0.15, -0.1) is 0 Å². The lowest BCUT2D eigenvalue weighted by atomic mass is 10.2. The molecule has 0 heterocycles. The maximum Gasteiger partial charge on any atom is 0.254 e. The molecule has 80 valence electrons. The summed E-state index contributed by atoms with van der Waals surface area (Å²) in [4.78, 5) is 21.6. The molecular formula is C10H9F2NO2. The number of nitrogens with one attached hydrogen (secondary N) is 1. The fraction of sp³-hybridized carbons (Fsp3) is 0.200. The SMILES string of the molecule is CC(C=O)NC(=O)c1ccc(F)cc1F. The van der Waals surface area contributed by atoms with Crippen molar-refractivity contribution < 1.29 is 18.4 Å². The number of aldehydes is 1. The van der Waals surface area contributed by atoms with Crippen molar-refractivity contribution in [1.82, 2.24) is 5.32 Å². The molecule has 0 fully saturated rings. The number of amides is 1. The Bertz CT molecular complexity index is 393. The smallest absolute Gasteiger partial charge is 0.254 e. The van der Waals surface area contributed by atoms with E-state index in [1.807, 2.05) is 0 Å². The van der Waals surface area contributed by atoms with Crippen LogP contribution in [0.2, 0.25) is 0 Å². The average molecular weight is 213 g/mol. The van der Waals surface area contributed by atoms with E-state index in [2.05, 4.69) is 5.32 Å². The lowest BCUT2D eigenvalue weighted by Crippen LogP contribution is -2.34. The van der Waals surface area contributed by atoms with Gasteiger partial charge in [0.15, 0.2) is 0 Å². The Kier molecular flexibility index (Phi) is 3.49. The van der Waals surface area contributed by atoms with Gasteiger partial charge in [0.25, 0.3) is 5.91 Å². The molecule has 15 heavy (non-hydrogen) atoms. The van der Waals surface area contributed by atoms with Crippen LogP contribution in [0.15, 0.2) is 18.2 Å². The Hall–Kier alpha value is -1.78. The molecule has 0 aliphatic heterocycles. The third-order valence-corrected chi connectivity index (χ3v) is 1.74. The van der Waals surface area contributed by atoms with Crippen molar-refractivity contribution in [2.75, 3.05) is 0 Å². The van der Waals surface area contributed by atoms with E-state index in [1.54, 1.807) is 0 Å². The maximum absolute atomic E-state index is 13.1. The topological polar surface area (TPSA) is 46.2 Å². The lowest BCUT2D eigenvalue weighted by Gasteiger charge is -2.07.